The molecule has 0 fully saturated rings. The Labute approximate surface area is 97.4 Å². The quantitative estimate of drug-likeness (QED) is 0.787. The second-order valence-corrected chi connectivity index (χ2v) is 3.58. The number of aromatic nitrogens is 1. The molecule has 2 N–H and O–H groups in total. The van der Waals surface area contributed by atoms with Gasteiger partial charge in [0.2, 0.25) is 17.2 Å². The van der Waals surface area contributed by atoms with Crippen molar-refractivity contribution in [3.8, 4) is 6.07 Å². The van der Waals surface area contributed by atoms with Crippen molar-refractivity contribution in [2.24, 2.45) is 0 Å². The molecule has 84 valence electrons. The number of hydrogen-bond acceptors (Lipinski definition) is 5. The number of nitrogens with two attached hydrogens (primary N) is 1. The Kier molecular flexibility index (Phi) is 2.63. The van der Waals surface area contributed by atoms with E-state index in [1.165, 1.54) is 0 Å². The molecule has 0 amide bonds. The van der Waals surface area contributed by atoms with Crippen molar-refractivity contribution in [3.63, 3.8) is 0 Å². The van der Waals surface area contributed by atoms with Gasteiger partial charge in [-0.2, -0.15) is 5.26 Å². The van der Waals surface area contributed by atoms with E-state index in [1.54, 1.807) is 18.2 Å². The van der Waals surface area contributed by atoms with E-state index in [9.17, 15) is 4.79 Å². The van der Waals surface area contributed by atoms with Crippen molar-refractivity contribution >= 4 is 11.5 Å². The number of carbonyl (C=O) groups is 1. The molecule has 5 heteroatoms. The largest absolute Gasteiger partial charge is 0.393 e. The molecule has 0 saturated carbocycles. The monoisotopic (exact) mass is 227 g/mol. The molecule has 0 saturated heterocycles. The molecule has 0 spiro atoms. The third-order valence-electron chi connectivity index (χ3n) is 2.35. The SMILES string of the molecule is Cc1ccc(C(=O)c2onc(C#N)c2N)cc1. The van der Waals surface area contributed by atoms with Gasteiger partial charge in [-0.1, -0.05) is 35.0 Å². The number of rotatable bonds is 2. The van der Waals surface area contributed by atoms with E-state index < -0.39 is 0 Å². The van der Waals surface area contributed by atoms with Gasteiger partial charge in [-0.25, -0.2) is 0 Å². The van der Waals surface area contributed by atoms with Crippen LogP contribution in [0.4, 0.5) is 5.69 Å². The lowest BCUT2D eigenvalue weighted by molar-refractivity contribution is 0.100. The first kappa shape index (κ1) is 10.9. The number of hydrogen-bond donors (Lipinski definition) is 1. The first-order valence-electron chi connectivity index (χ1n) is 4.90. The Hall–Kier alpha value is -2.61. The minimum Gasteiger partial charge on any atom is -0.393 e. The van der Waals surface area contributed by atoms with Crippen LogP contribution in [0.15, 0.2) is 28.8 Å². The van der Waals surface area contributed by atoms with Crippen molar-refractivity contribution in [2.75, 3.05) is 5.73 Å². The van der Waals surface area contributed by atoms with Crippen molar-refractivity contribution < 1.29 is 9.32 Å². The summed E-state index contributed by atoms with van der Waals surface area (Å²) < 4.78 is 4.79. The zero-order chi connectivity index (χ0) is 12.4. The fourth-order valence-corrected chi connectivity index (χ4v) is 1.38. The minimum atomic E-state index is -0.378. The Morgan fingerprint density at radius 3 is 2.59 bits per heavy atom. The van der Waals surface area contributed by atoms with Crippen molar-refractivity contribution in [1.29, 1.82) is 5.26 Å². The van der Waals surface area contributed by atoms with Crippen LogP contribution < -0.4 is 5.73 Å². The van der Waals surface area contributed by atoms with E-state index >= 15 is 0 Å². The van der Waals surface area contributed by atoms with E-state index in [2.05, 4.69) is 5.16 Å². The van der Waals surface area contributed by atoms with Gasteiger partial charge in [-0.3, -0.25) is 4.79 Å². The molecule has 2 rings (SSSR count). The molecule has 0 aliphatic carbocycles. The zero-order valence-electron chi connectivity index (χ0n) is 9.10. The summed E-state index contributed by atoms with van der Waals surface area (Å²) in [7, 11) is 0. The lowest BCUT2D eigenvalue weighted by Crippen LogP contribution is -2.03. The predicted molar refractivity (Wildman–Crippen MR) is 60.2 cm³/mol. The molecule has 0 atom stereocenters. The van der Waals surface area contributed by atoms with E-state index in [4.69, 9.17) is 15.5 Å². The fraction of sp³-hybridized carbons (Fsp3) is 0.0833. The summed E-state index contributed by atoms with van der Waals surface area (Å²) in [5.41, 5.74) is 6.99. The summed E-state index contributed by atoms with van der Waals surface area (Å²) in [6.07, 6.45) is 0. The molecular weight excluding hydrogens is 218 g/mol. The van der Waals surface area contributed by atoms with Gasteiger partial charge >= 0.3 is 0 Å². The Balaban J connectivity index is 2.41. The van der Waals surface area contributed by atoms with Crippen LogP contribution in [0.3, 0.4) is 0 Å². The molecule has 17 heavy (non-hydrogen) atoms. The topological polar surface area (TPSA) is 92.9 Å². The number of aryl methyl sites for hydroxylation is 1. The normalized spacial score (nSPS) is 9.88. The second-order valence-electron chi connectivity index (χ2n) is 3.58. The first-order valence-corrected chi connectivity index (χ1v) is 4.90. The molecule has 0 aliphatic rings. The predicted octanol–water partition coefficient (Wildman–Crippen LogP) is 1.67. The number of nitrogens with zero attached hydrogens (tertiary/aromatic N) is 2. The lowest BCUT2D eigenvalue weighted by Gasteiger charge is -1.98. The van der Waals surface area contributed by atoms with E-state index in [-0.39, 0.29) is 22.9 Å². The summed E-state index contributed by atoms with van der Waals surface area (Å²) in [6.45, 7) is 1.92. The van der Waals surface area contributed by atoms with Crippen molar-refractivity contribution in [2.45, 2.75) is 6.92 Å². The molecule has 0 unspecified atom stereocenters. The van der Waals surface area contributed by atoms with Crippen LogP contribution in [0.25, 0.3) is 0 Å². The average molecular weight is 227 g/mol. The summed E-state index contributed by atoms with van der Waals surface area (Å²) in [5, 5.41) is 12.1. The van der Waals surface area contributed by atoms with Gasteiger partial charge < -0.3 is 10.3 Å². The molecule has 1 aromatic heterocycles. The molecule has 2 aromatic rings. The van der Waals surface area contributed by atoms with Crippen LogP contribution in [-0.2, 0) is 0 Å². The van der Waals surface area contributed by atoms with Crippen molar-refractivity contribution in [3.05, 3.63) is 46.8 Å². The van der Waals surface area contributed by atoms with Gasteiger partial charge in [0.05, 0.1) is 0 Å². The second kappa shape index (κ2) is 4.10. The van der Waals surface area contributed by atoms with Gasteiger partial charge in [0.1, 0.15) is 11.8 Å². The Bertz CT molecular complexity index is 606. The molecular formula is C12H9N3O2. The highest BCUT2D eigenvalue weighted by Crippen LogP contribution is 2.19. The highest BCUT2D eigenvalue weighted by atomic mass is 16.5. The maximum atomic E-state index is 12.0. The highest BCUT2D eigenvalue weighted by Gasteiger charge is 2.21. The van der Waals surface area contributed by atoms with Crippen LogP contribution in [0, 0.1) is 18.3 Å². The van der Waals surface area contributed by atoms with E-state index in [0.717, 1.165) is 5.56 Å². The van der Waals surface area contributed by atoms with E-state index in [1.807, 2.05) is 19.1 Å². The Morgan fingerprint density at radius 2 is 2.06 bits per heavy atom. The number of ketones is 1. The van der Waals surface area contributed by atoms with Crippen LogP contribution in [0.1, 0.15) is 27.4 Å². The maximum absolute atomic E-state index is 12.0. The summed E-state index contributed by atoms with van der Waals surface area (Å²) >= 11 is 0. The minimum absolute atomic E-state index is 0.0157. The first-order chi connectivity index (χ1) is 8.13. The third-order valence-corrected chi connectivity index (χ3v) is 2.35. The third kappa shape index (κ3) is 1.88. The van der Waals surface area contributed by atoms with Crippen molar-refractivity contribution in [1.82, 2.24) is 5.16 Å². The lowest BCUT2D eigenvalue weighted by atomic mass is 10.1. The van der Waals surface area contributed by atoms with Gasteiger partial charge in [0, 0.05) is 5.56 Å². The smallest absolute Gasteiger partial charge is 0.233 e. The number of anilines is 1. The van der Waals surface area contributed by atoms with Crippen LogP contribution >= 0.6 is 0 Å². The van der Waals surface area contributed by atoms with Gasteiger partial charge in [-0.05, 0) is 6.92 Å². The number of nitrogen functional groups attached to an aromatic ring is 1. The zero-order valence-corrected chi connectivity index (χ0v) is 9.10. The van der Waals surface area contributed by atoms with Gasteiger partial charge in [-0.15, -0.1) is 0 Å². The summed E-state index contributed by atoms with van der Waals surface area (Å²) in [6, 6.07) is 8.71. The fourth-order valence-electron chi connectivity index (χ4n) is 1.38. The van der Waals surface area contributed by atoms with Crippen LogP contribution in [-0.4, -0.2) is 10.9 Å². The molecule has 0 aliphatic heterocycles. The highest BCUT2D eigenvalue weighted by molar-refractivity contribution is 6.10. The molecule has 5 nitrogen and oxygen atoms in total. The molecule has 0 bridgehead atoms. The molecule has 1 heterocycles. The number of carbonyl (C=O) groups excluding carboxylic acids is 1. The average Bonchev–Trinajstić information content (AvgIpc) is 2.70. The number of benzene rings is 1. The standard InChI is InChI=1S/C12H9N3O2/c1-7-2-4-8(5-3-7)11(16)12-10(14)9(6-13)15-17-12/h2-5H,14H2,1H3. The maximum Gasteiger partial charge on any atom is 0.233 e. The summed E-state index contributed by atoms with van der Waals surface area (Å²) in [5.74, 6) is -0.470. The molecule has 0 radical (unpaired) electrons. The van der Waals surface area contributed by atoms with Gasteiger partial charge in [0.25, 0.3) is 0 Å². The molecule has 1 aromatic carbocycles. The van der Waals surface area contributed by atoms with Gasteiger partial charge in [0.15, 0.2) is 0 Å². The van der Waals surface area contributed by atoms with Crippen LogP contribution in [0.2, 0.25) is 0 Å². The number of nitriles is 1. The summed E-state index contributed by atoms with van der Waals surface area (Å²) in [4.78, 5) is 12.0. The van der Waals surface area contributed by atoms with Crippen LogP contribution in [0.5, 0.6) is 0 Å². The van der Waals surface area contributed by atoms with E-state index in [0.29, 0.717) is 5.56 Å². The Morgan fingerprint density at radius 1 is 1.41 bits per heavy atom.